The average molecular weight is 487 g/mol. The Balaban J connectivity index is 0.00000261. The zero-order valence-corrected chi connectivity index (χ0v) is 18.4. The zero-order valence-electron chi connectivity index (χ0n) is 16.0. The molecule has 148 valence electrons. The van der Waals surface area contributed by atoms with Crippen molar-refractivity contribution in [2.75, 3.05) is 37.6 Å². The summed E-state index contributed by atoms with van der Waals surface area (Å²) in [7, 11) is 0. The van der Waals surface area contributed by atoms with Crippen LogP contribution in [0.2, 0.25) is 0 Å². The van der Waals surface area contributed by atoms with Crippen LogP contribution in [0.1, 0.15) is 24.3 Å². The summed E-state index contributed by atoms with van der Waals surface area (Å²) in [5.74, 6) is 2.13. The second-order valence-corrected chi connectivity index (χ2v) is 6.34. The maximum atomic E-state index is 14.0. The number of hydrogen-bond donors (Lipinski definition) is 1. The van der Waals surface area contributed by atoms with Crippen molar-refractivity contribution in [3.8, 4) is 0 Å². The first-order chi connectivity index (χ1) is 12.6. The summed E-state index contributed by atoms with van der Waals surface area (Å²) >= 11 is 0. The molecule has 0 unspecified atom stereocenters. The molecule has 1 fully saturated rings. The minimum Gasteiger partial charge on any atom is -0.444 e. The predicted molar refractivity (Wildman–Crippen MR) is 116 cm³/mol. The number of rotatable bonds is 4. The fourth-order valence-electron chi connectivity index (χ4n) is 3.04. The lowest BCUT2D eigenvalue weighted by molar-refractivity contribution is 0.369. The molecule has 27 heavy (non-hydrogen) atoms. The SMILES string of the molecule is CCNC(=NCc1nc(C)c(C)o1)N1CCN(c2ccccc2F)CC1.I. The number of halogens is 2. The molecule has 0 saturated carbocycles. The van der Waals surface area contributed by atoms with E-state index < -0.39 is 0 Å². The predicted octanol–water partition coefficient (Wildman–Crippen LogP) is 3.34. The molecule has 0 amide bonds. The first kappa shape index (κ1) is 21.5. The van der Waals surface area contributed by atoms with Crippen LogP contribution in [-0.4, -0.2) is 48.6 Å². The lowest BCUT2D eigenvalue weighted by atomic mass is 10.2. The fraction of sp³-hybridized carbons (Fsp3) is 0.474. The summed E-state index contributed by atoms with van der Waals surface area (Å²) in [5, 5.41) is 3.32. The van der Waals surface area contributed by atoms with Crippen molar-refractivity contribution in [3.63, 3.8) is 0 Å². The smallest absolute Gasteiger partial charge is 0.216 e. The number of piperazine rings is 1. The van der Waals surface area contributed by atoms with Crippen LogP contribution in [-0.2, 0) is 6.54 Å². The average Bonchev–Trinajstić information content (AvgIpc) is 2.97. The molecule has 1 aromatic heterocycles. The maximum Gasteiger partial charge on any atom is 0.216 e. The zero-order chi connectivity index (χ0) is 18.5. The second-order valence-electron chi connectivity index (χ2n) is 6.34. The molecule has 1 aromatic carbocycles. The van der Waals surface area contributed by atoms with E-state index in [1.54, 1.807) is 6.07 Å². The van der Waals surface area contributed by atoms with Gasteiger partial charge in [0.05, 0.1) is 11.4 Å². The number of nitrogens with zero attached hydrogens (tertiary/aromatic N) is 4. The molecule has 1 saturated heterocycles. The number of anilines is 1. The maximum absolute atomic E-state index is 14.0. The van der Waals surface area contributed by atoms with E-state index in [1.807, 2.05) is 32.9 Å². The van der Waals surface area contributed by atoms with E-state index in [0.29, 0.717) is 18.1 Å². The van der Waals surface area contributed by atoms with Crippen molar-refractivity contribution < 1.29 is 8.81 Å². The molecule has 0 radical (unpaired) electrons. The number of para-hydroxylation sites is 1. The number of hydrogen-bond acceptors (Lipinski definition) is 4. The second kappa shape index (κ2) is 9.91. The van der Waals surface area contributed by atoms with E-state index in [0.717, 1.165) is 50.1 Å². The Hall–Kier alpha value is -1.84. The van der Waals surface area contributed by atoms with Gasteiger partial charge in [0.1, 0.15) is 18.1 Å². The Kier molecular flexibility index (Phi) is 7.88. The highest BCUT2D eigenvalue weighted by molar-refractivity contribution is 14.0. The number of guanidine groups is 1. The molecule has 0 bridgehead atoms. The first-order valence-electron chi connectivity index (χ1n) is 9.04. The minimum absolute atomic E-state index is 0. The lowest BCUT2D eigenvalue weighted by Crippen LogP contribution is -2.52. The topological polar surface area (TPSA) is 56.9 Å². The molecule has 3 rings (SSSR count). The standard InChI is InChI=1S/C19H26FN5O.HI/c1-4-21-19(22-13-18-23-14(2)15(3)26-18)25-11-9-24(10-12-25)17-8-6-5-7-16(17)20;/h5-8H,4,9-13H2,1-3H3,(H,21,22);1H. The van der Waals surface area contributed by atoms with Gasteiger partial charge in [0.15, 0.2) is 5.96 Å². The Labute approximate surface area is 176 Å². The number of oxazole rings is 1. The molecule has 0 spiro atoms. The summed E-state index contributed by atoms with van der Waals surface area (Å²) in [4.78, 5) is 13.3. The number of aromatic nitrogens is 1. The van der Waals surface area contributed by atoms with Crippen LogP contribution < -0.4 is 10.2 Å². The van der Waals surface area contributed by atoms with Gasteiger partial charge in [0.2, 0.25) is 5.89 Å². The highest BCUT2D eigenvalue weighted by Gasteiger charge is 2.21. The van der Waals surface area contributed by atoms with Gasteiger partial charge in [-0.3, -0.25) is 0 Å². The van der Waals surface area contributed by atoms with Crippen LogP contribution in [0, 0.1) is 19.7 Å². The number of nitrogens with one attached hydrogen (secondary N) is 1. The molecular formula is C19H27FIN5O. The molecule has 1 N–H and O–H groups in total. The molecule has 0 aliphatic carbocycles. The molecule has 1 aliphatic heterocycles. The summed E-state index contributed by atoms with van der Waals surface area (Å²) in [6.07, 6.45) is 0. The minimum atomic E-state index is -0.170. The molecule has 2 aromatic rings. The van der Waals surface area contributed by atoms with Gasteiger partial charge in [0.25, 0.3) is 0 Å². The highest BCUT2D eigenvalue weighted by Crippen LogP contribution is 2.20. The van der Waals surface area contributed by atoms with Gasteiger partial charge in [-0.05, 0) is 32.9 Å². The molecule has 8 heteroatoms. The summed E-state index contributed by atoms with van der Waals surface area (Å²) in [5.41, 5.74) is 1.57. The van der Waals surface area contributed by atoms with Crippen molar-refractivity contribution >= 4 is 35.6 Å². The van der Waals surface area contributed by atoms with Gasteiger partial charge in [-0.1, -0.05) is 12.1 Å². The molecule has 1 aliphatic rings. The third-order valence-corrected chi connectivity index (χ3v) is 4.54. The van der Waals surface area contributed by atoms with Gasteiger partial charge in [0, 0.05) is 32.7 Å². The molecule has 6 nitrogen and oxygen atoms in total. The van der Waals surface area contributed by atoms with Crippen LogP contribution in [0.25, 0.3) is 0 Å². The number of benzene rings is 1. The van der Waals surface area contributed by atoms with E-state index in [2.05, 4.69) is 25.1 Å². The van der Waals surface area contributed by atoms with Gasteiger partial charge in [-0.25, -0.2) is 14.4 Å². The monoisotopic (exact) mass is 487 g/mol. The van der Waals surface area contributed by atoms with E-state index in [9.17, 15) is 4.39 Å². The molecule has 0 atom stereocenters. The van der Waals surface area contributed by atoms with E-state index >= 15 is 0 Å². The van der Waals surface area contributed by atoms with Crippen molar-refractivity contribution in [2.45, 2.75) is 27.3 Å². The normalized spacial score (nSPS) is 14.9. The number of aliphatic imine (C=N–C) groups is 1. The summed E-state index contributed by atoms with van der Waals surface area (Å²) in [6, 6.07) is 6.93. The van der Waals surface area contributed by atoms with Gasteiger partial charge >= 0.3 is 0 Å². The Bertz CT molecular complexity index is 752. The van der Waals surface area contributed by atoms with E-state index in [4.69, 9.17) is 4.42 Å². The fourth-order valence-corrected chi connectivity index (χ4v) is 3.04. The molecular weight excluding hydrogens is 460 g/mol. The van der Waals surface area contributed by atoms with Crippen LogP contribution in [0.4, 0.5) is 10.1 Å². The third-order valence-electron chi connectivity index (χ3n) is 4.54. The van der Waals surface area contributed by atoms with Crippen LogP contribution >= 0.6 is 24.0 Å². The summed E-state index contributed by atoms with van der Waals surface area (Å²) in [6.45, 7) is 10.1. The van der Waals surface area contributed by atoms with Crippen LogP contribution in [0.15, 0.2) is 33.7 Å². The van der Waals surface area contributed by atoms with Gasteiger partial charge in [-0.15, -0.1) is 24.0 Å². The van der Waals surface area contributed by atoms with E-state index in [-0.39, 0.29) is 29.8 Å². The van der Waals surface area contributed by atoms with Crippen molar-refractivity contribution in [1.29, 1.82) is 0 Å². The highest BCUT2D eigenvalue weighted by atomic mass is 127. The Morgan fingerprint density at radius 2 is 1.93 bits per heavy atom. The van der Waals surface area contributed by atoms with Crippen molar-refractivity contribution in [3.05, 3.63) is 47.4 Å². The van der Waals surface area contributed by atoms with Gasteiger partial charge in [-0.2, -0.15) is 0 Å². The Morgan fingerprint density at radius 1 is 1.22 bits per heavy atom. The quantitative estimate of drug-likeness (QED) is 0.408. The Morgan fingerprint density at radius 3 is 2.52 bits per heavy atom. The van der Waals surface area contributed by atoms with Gasteiger partial charge < -0.3 is 19.5 Å². The van der Waals surface area contributed by atoms with Crippen molar-refractivity contribution in [1.82, 2.24) is 15.2 Å². The van der Waals surface area contributed by atoms with Crippen LogP contribution in [0.3, 0.4) is 0 Å². The largest absolute Gasteiger partial charge is 0.444 e. The third kappa shape index (κ3) is 5.33. The molecule has 2 heterocycles. The first-order valence-corrected chi connectivity index (χ1v) is 9.04. The summed E-state index contributed by atoms with van der Waals surface area (Å²) < 4.78 is 19.6. The van der Waals surface area contributed by atoms with Crippen LogP contribution in [0.5, 0.6) is 0 Å². The lowest BCUT2D eigenvalue weighted by Gasteiger charge is -2.37. The number of aryl methyl sites for hydroxylation is 2. The van der Waals surface area contributed by atoms with Crippen molar-refractivity contribution in [2.24, 2.45) is 4.99 Å². The van der Waals surface area contributed by atoms with E-state index in [1.165, 1.54) is 6.07 Å².